The van der Waals surface area contributed by atoms with Gasteiger partial charge in [0.2, 0.25) is 0 Å². The van der Waals surface area contributed by atoms with E-state index in [0.717, 1.165) is 25.6 Å². The molecule has 0 saturated heterocycles. The molecule has 0 saturated carbocycles. The van der Waals surface area contributed by atoms with Crippen LogP contribution in [0.2, 0.25) is 6.04 Å². The van der Waals surface area contributed by atoms with Crippen LogP contribution in [0.15, 0.2) is 30.3 Å². The molecule has 0 atom stereocenters. The summed E-state index contributed by atoms with van der Waals surface area (Å²) in [5, 5.41) is 4.48. The van der Waals surface area contributed by atoms with E-state index in [9.17, 15) is 0 Å². The van der Waals surface area contributed by atoms with Gasteiger partial charge in [0.25, 0.3) is 0 Å². The molecule has 18 heavy (non-hydrogen) atoms. The minimum atomic E-state index is -2.25. The lowest BCUT2D eigenvalue weighted by Gasteiger charge is -2.27. The normalized spacial score (nSPS) is 11.7. The Hall–Kier alpha value is -0.723. The molecular weight excluding hydrogens is 244 g/mol. The van der Waals surface area contributed by atoms with Crippen LogP contribution in [-0.4, -0.2) is 42.4 Å². The Morgan fingerprint density at radius 2 is 1.78 bits per heavy atom. The summed E-state index contributed by atoms with van der Waals surface area (Å²) in [5.41, 5.74) is 5.44. The maximum atomic E-state index is 5.74. The fourth-order valence-electron chi connectivity index (χ4n) is 2.03. The number of hydrogen-bond donors (Lipinski definition) is 2. The zero-order valence-electron chi connectivity index (χ0n) is 11.3. The molecular formula is C13H24N2O2Si. The molecule has 3 N–H and O–H groups in total. The molecule has 0 aliphatic rings. The van der Waals surface area contributed by atoms with Crippen molar-refractivity contribution in [3.05, 3.63) is 30.3 Å². The molecule has 1 aromatic rings. The highest BCUT2D eigenvalue weighted by Gasteiger charge is 2.37. The minimum absolute atomic E-state index is 0.676. The van der Waals surface area contributed by atoms with Gasteiger partial charge in [0.05, 0.1) is 0 Å². The zero-order chi connectivity index (χ0) is 13.3. The molecule has 0 amide bonds. The second-order valence-corrected chi connectivity index (χ2v) is 7.57. The van der Waals surface area contributed by atoms with Gasteiger partial charge in [0.1, 0.15) is 0 Å². The van der Waals surface area contributed by atoms with Crippen molar-refractivity contribution in [1.29, 1.82) is 0 Å². The summed E-state index contributed by atoms with van der Waals surface area (Å²) in [4.78, 5) is 0. The first-order chi connectivity index (χ1) is 8.79. The van der Waals surface area contributed by atoms with E-state index in [4.69, 9.17) is 14.6 Å². The number of hydrogen-bond acceptors (Lipinski definition) is 4. The summed E-state index contributed by atoms with van der Waals surface area (Å²) < 4.78 is 11.5. The van der Waals surface area contributed by atoms with Crippen molar-refractivity contribution < 1.29 is 8.85 Å². The third-order valence-electron chi connectivity index (χ3n) is 3.05. The van der Waals surface area contributed by atoms with Crippen molar-refractivity contribution >= 4 is 13.7 Å². The molecule has 0 aromatic heterocycles. The summed E-state index contributed by atoms with van der Waals surface area (Å²) in [6.07, 6.45) is 1.03. The summed E-state index contributed by atoms with van der Waals surface area (Å²) in [6, 6.07) is 11.2. The first-order valence-electron chi connectivity index (χ1n) is 6.35. The van der Waals surface area contributed by atoms with Gasteiger partial charge in [-0.1, -0.05) is 30.3 Å². The zero-order valence-corrected chi connectivity index (χ0v) is 12.3. The maximum Gasteiger partial charge on any atom is 0.372 e. The predicted molar refractivity (Wildman–Crippen MR) is 77.2 cm³/mol. The molecule has 0 fully saturated rings. The molecule has 0 spiro atoms. The average molecular weight is 268 g/mol. The van der Waals surface area contributed by atoms with Gasteiger partial charge in [0, 0.05) is 27.3 Å². The molecule has 0 unspecified atom stereocenters. The Bertz CT molecular complexity index is 318. The summed E-state index contributed by atoms with van der Waals surface area (Å²) in [6.45, 7) is 2.49. The Balaban J connectivity index is 2.58. The molecule has 102 valence electrons. The van der Waals surface area contributed by atoms with Gasteiger partial charge in [-0.3, -0.25) is 0 Å². The van der Waals surface area contributed by atoms with E-state index < -0.39 is 8.56 Å². The van der Waals surface area contributed by atoms with Crippen LogP contribution in [0.25, 0.3) is 0 Å². The molecule has 0 radical (unpaired) electrons. The van der Waals surface area contributed by atoms with Crippen LogP contribution in [0, 0.1) is 0 Å². The van der Waals surface area contributed by atoms with Gasteiger partial charge in [-0.25, -0.2) is 0 Å². The SMILES string of the molecule is CO[Si](CCCNCCN)(OC)c1ccccc1. The number of nitrogens with one attached hydrogen (secondary N) is 1. The van der Waals surface area contributed by atoms with Crippen molar-refractivity contribution in [1.82, 2.24) is 5.32 Å². The standard InChI is InChI=1S/C13H24N2O2Si/c1-16-18(17-2,12-6-10-15-11-9-14)13-7-4-3-5-8-13/h3-5,7-8,15H,6,9-12,14H2,1-2H3. The fraction of sp³-hybridized carbons (Fsp3) is 0.538. The summed E-state index contributed by atoms with van der Waals surface area (Å²) >= 11 is 0. The van der Waals surface area contributed by atoms with E-state index in [-0.39, 0.29) is 0 Å². The van der Waals surface area contributed by atoms with Crippen molar-refractivity contribution in [3.63, 3.8) is 0 Å². The van der Waals surface area contributed by atoms with Crippen LogP contribution in [0.5, 0.6) is 0 Å². The highest BCUT2D eigenvalue weighted by Crippen LogP contribution is 2.14. The molecule has 0 bridgehead atoms. The lowest BCUT2D eigenvalue weighted by atomic mass is 10.4. The third-order valence-corrected chi connectivity index (χ3v) is 6.60. The second kappa shape index (κ2) is 8.39. The number of benzene rings is 1. The molecule has 4 nitrogen and oxygen atoms in total. The van der Waals surface area contributed by atoms with Crippen LogP contribution in [0.1, 0.15) is 6.42 Å². The molecule has 5 heteroatoms. The highest BCUT2D eigenvalue weighted by molar-refractivity contribution is 6.81. The lowest BCUT2D eigenvalue weighted by Crippen LogP contribution is -2.52. The number of nitrogens with two attached hydrogens (primary N) is 1. The Labute approximate surface area is 111 Å². The molecule has 0 heterocycles. The van der Waals surface area contributed by atoms with Crippen LogP contribution in [0.3, 0.4) is 0 Å². The van der Waals surface area contributed by atoms with Gasteiger partial charge < -0.3 is 19.9 Å². The number of rotatable bonds is 9. The van der Waals surface area contributed by atoms with E-state index in [2.05, 4.69) is 17.4 Å². The monoisotopic (exact) mass is 268 g/mol. The average Bonchev–Trinajstić information content (AvgIpc) is 2.44. The smallest absolute Gasteiger partial charge is 0.372 e. The quantitative estimate of drug-likeness (QED) is 0.508. The van der Waals surface area contributed by atoms with Crippen molar-refractivity contribution in [2.24, 2.45) is 5.73 Å². The second-order valence-electron chi connectivity index (χ2n) is 4.17. The van der Waals surface area contributed by atoms with E-state index in [0.29, 0.717) is 6.54 Å². The maximum absolute atomic E-state index is 5.74. The minimum Gasteiger partial charge on any atom is -0.394 e. The first kappa shape index (κ1) is 15.3. The third kappa shape index (κ3) is 4.19. The van der Waals surface area contributed by atoms with E-state index >= 15 is 0 Å². The van der Waals surface area contributed by atoms with Crippen LogP contribution < -0.4 is 16.2 Å². The van der Waals surface area contributed by atoms with Gasteiger partial charge in [-0.15, -0.1) is 0 Å². The van der Waals surface area contributed by atoms with Crippen molar-refractivity contribution in [2.75, 3.05) is 33.9 Å². The summed E-state index contributed by atoms with van der Waals surface area (Å²) in [7, 11) is 1.24. The van der Waals surface area contributed by atoms with Crippen LogP contribution in [0.4, 0.5) is 0 Å². The molecule has 0 aliphatic heterocycles. The van der Waals surface area contributed by atoms with Crippen LogP contribution in [-0.2, 0) is 8.85 Å². The Morgan fingerprint density at radius 3 is 2.33 bits per heavy atom. The highest BCUT2D eigenvalue weighted by atomic mass is 28.4. The van der Waals surface area contributed by atoms with Gasteiger partial charge in [-0.05, 0) is 24.2 Å². The van der Waals surface area contributed by atoms with Crippen molar-refractivity contribution in [2.45, 2.75) is 12.5 Å². The van der Waals surface area contributed by atoms with Crippen molar-refractivity contribution in [3.8, 4) is 0 Å². The fourth-order valence-corrected chi connectivity index (χ4v) is 4.71. The van der Waals surface area contributed by atoms with E-state index in [1.165, 1.54) is 5.19 Å². The van der Waals surface area contributed by atoms with E-state index in [1.54, 1.807) is 14.2 Å². The summed E-state index contributed by atoms with van der Waals surface area (Å²) in [5.74, 6) is 0. The Kier molecular flexibility index (Phi) is 7.15. The largest absolute Gasteiger partial charge is 0.394 e. The molecule has 1 rings (SSSR count). The lowest BCUT2D eigenvalue weighted by molar-refractivity contribution is 0.256. The van der Waals surface area contributed by atoms with Gasteiger partial charge in [0.15, 0.2) is 0 Å². The first-order valence-corrected chi connectivity index (χ1v) is 8.38. The Morgan fingerprint density at radius 1 is 1.11 bits per heavy atom. The van der Waals surface area contributed by atoms with Crippen LogP contribution >= 0.6 is 0 Å². The van der Waals surface area contributed by atoms with Gasteiger partial charge in [-0.2, -0.15) is 0 Å². The topological polar surface area (TPSA) is 56.5 Å². The van der Waals surface area contributed by atoms with E-state index in [1.807, 2.05) is 18.2 Å². The van der Waals surface area contributed by atoms with Gasteiger partial charge >= 0.3 is 8.56 Å². The predicted octanol–water partition coefficient (Wildman–Crippen LogP) is 0.567. The molecule has 1 aromatic carbocycles. The molecule has 0 aliphatic carbocycles.